The fraction of sp³-hybridized carbons (Fsp3) is 0.929. The second kappa shape index (κ2) is 6.78. The highest BCUT2D eigenvalue weighted by Crippen LogP contribution is 2.37. The van der Waals surface area contributed by atoms with Gasteiger partial charge in [-0.15, -0.1) is 0 Å². The van der Waals surface area contributed by atoms with Gasteiger partial charge in [-0.25, -0.2) is 0 Å². The Hall–Kier alpha value is -0.780. The molecule has 1 heterocycles. The molecule has 1 saturated heterocycles. The Kier molecular flexibility index (Phi) is 5.29. The molecule has 2 fully saturated rings. The molecule has 1 aliphatic carbocycles. The summed E-state index contributed by atoms with van der Waals surface area (Å²) in [5.74, 6) is -1.27. The van der Waals surface area contributed by atoms with E-state index < -0.39 is 18.1 Å². The van der Waals surface area contributed by atoms with E-state index in [0.717, 1.165) is 32.4 Å². The summed E-state index contributed by atoms with van der Waals surface area (Å²) in [6, 6.07) is -0.724. The van der Waals surface area contributed by atoms with Crippen molar-refractivity contribution in [3.8, 4) is 0 Å². The molecule has 3 nitrogen and oxygen atoms in total. The lowest BCUT2D eigenvalue weighted by atomic mass is 9.83. The summed E-state index contributed by atoms with van der Waals surface area (Å²) in [7, 11) is 0. The maximum absolute atomic E-state index is 12.9. The van der Waals surface area contributed by atoms with Crippen LogP contribution in [-0.4, -0.2) is 31.2 Å². The minimum absolute atomic E-state index is 0.141. The molecule has 2 aliphatic rings. The van der Waals surface area contributed by atoms with Crippen molar-refractivity contribution >= 4 is 5.91 Å². The molecular formula is C14H23F3N2O. The molecule has 0 aromatic rings. The Bertz CT molecular complexity index is 327. The average molecular weight is 292 g/mol. The number of rotatable bonds is 3. The summed E-state index contributed by atoms with van der Waals surface area (Å²) >= 11 is 0. The lowest BCUT2D eigenvalue weighted by Gasteiger charge is -2.34. The second-order valence-corrected chi connectivity index (χ2v) is 6.00. The summed E-state index contributed by atoms with van der Waals surface area (Å²) in [4.78, 5) is 12.0. The normalized spacial score (nSPS) is 29.1. The van der Waals surface area contributed by atoms with Gasteiger partial charge in [-0.05, 0) is 44.7 Å². The van der Waals surface area contributed by atoms with Gasteiger partial charge < -0.3 is 10.6 Å². The molecule has 116 valence electrons. The Balaban J connectivity index is 1.84. The molecule has 0 bridgehead atoms. The second-order valence-electron chi connectivity index (χ2n) is 6.00. The van der Waals surface area contributed by atoms with Crippen LogP contribution in [0, 0.1) is 11.8 Å². The Labute approximate surface area is 117 Å². The Morgan fingerprint density at radius 2 is 1.75 bits per heavy atom. The molecular weight excluding hydrogens is 269 g/mol. The van der Waals surface area contributed by atoms with Gasteiger partial charge in [-0.1, -0.05) is 12.8 Å². The van der Waals surface area contributed by atoms with Gasteiger partial charge in [-0.3, -0.25) is 4.79 Å². The van der Waals surface area contributed by atoms with Gasteiger partial charge >= 0.3 is 6.18 Å². The molecule has 2 unspecified atom stereocenters. The van der Waals surface area contributed by atoms with E-state index >= 15 is 0 Å². The standard InChI is InChI=1S/C14H23F3N2O/c15-14(16,17)11-3-1-2-4-12(11)19-13(20)9-10-5-7-18-8-6-10/h10-12,18H,1-9H2,(H,19,20). The van der Waals surface area contributed by atoms with Crippen LogP contribution in [0.5, 0.6) is 0 Å². The number of piperidine rings is 1. The number of hydrogen-bond acceptors (Lipinski definition) is 2. The van der Waals surface area contributed by atoms with Crippen molar-refractivity contribution in [3.63, 3.8) is 0 Å². The molecule has 6 heteroatoms. The number of alkyl halides is 3. The van der Waals surface area contributed by atoms with Gasteiger partial charge in [0.2, 0.25) is 5.91 Å². The lowest BCUT2D eigenvalue weighted by Crippen LogP contribution is -2.48. The first-order valence-corrected chi connectivity index (χ1v) is 7.53. The Morgan fingerprint density at radius 3 is 2.40 bits per heavy atom. The smallest absolute Gasteiger partial charge is 0.353 e. The first kappa shape index (κ1) is 15.6. The predicted octanol–water partition coefficient (Wildman–Crippen LogP) is 2.61. The van der Waals surface area contributed by atoms with Crippen LogP contribution >= 0.6 is 0 Å². The molecule has 1 saturated carbocycles. The summed E-state index contributed by atoms with van der Waals surface area (Å²) in [6.45, 7) is 1.79. The molecule has 20 heavy (non-hydrogen) atoms. The SMILES string of the molecule is O=C(CC1CCNCC1)NC1CCCCC1C(F)(F)F. The van der Waals surface area contributed by atoms with Crippen molar-refractivity contribution in [1.29, 1.82) is 0 Å². The first-order chi connectivity index (χ1) is 9.47. The van der Waals surface area contributed by atoms with Crippen LogP contribution in [0.15, 0.2) is 0 Å². The number of carbonyl (C=O) groups is 1. The van der Waals surface area contributed by atoms with Gasteiger partial charge in [0.05, 0.1) is 5.92 Å². The minimum Gasteiger partial charge on any atom is -0.353 e. The third-order valence-electron chi connectivity index (χ3n) is 4.47. The topological polar surface area (TPSA) is 41.1 Å². The largest absolute Gasteiger partial charge is 0.393 e. The number of halogens is 3. The summed E-state index contributed by atoms with van der Waals surface area (Å²) in [6.07, 6.45) is -0.0168. The highest BCUT2D eigenvalue weighted by atomic mass is 19.4. The quantitative estimate of drug-likeness (QED) is 0.839. The van der Waals surface area contributed by atoms with Crippen LogP contribution in [0.4, 0.5) is 13.2 Å². The predicted molar refractivity (Wildman–Crippen MR) is 70.2 cm³/mol. The first-order valence-electron chi connectivity index (χ1n) is 7.53. The fourth-order valence-corrected chi connectivity index (χ4v) is 3.31. The van der Waals surface area contributed by atoms with Gasteiger partial charge in [0.25, 0.3) is 0 Å². The van der Waals surface area contributed by atoms with Gasteiger partial charge in [0.1, 0.15) is 0 Å². The van der Waals surface area contributed by atoms with Crippen molar-refractivity contribution < 1.29 is 18.0 Å². The van der Waals surface area contributed by atoms with Crippen LogP contribution in [0.3, 0.4) is 0 Å². The summed E-state index contributed by atoms with van der Waals surface area (Å²) in [5.41, 5.74) is 0. The van der Waals surface area contributed by atoms with Crippen LogP contribution in [0.25, 0.3) is 0 Å². The molecule has 2 atom stereocenters. The lowest BCUT2D eigenvalue weighted by molar-refractivity contribution is -0.189. The number of hydrogen-bond donors (Lipinski definition) is 2. The number of carbonyl (C=O) groups excluding carboxylic acids is 1. The molecule has 2 rings (SSSR count). The van der Waals surface area contributed by atoms with Crippen LogP contribution < -0.4 is 10.6 Å². The highest BCUT2D eigenvalue weighted by molar-refractivity contribution is 5.76. The molecule has 0 aromatic carbocycles. The van der Waals surface area contributed by atoms with Gasteiger partial charge in [0.15, 0.2) is 0 Å². The van der Waals surface area contributed by atoms with E-state index in [1.54, 1.807) is 0 Å². The molecule has 1 aliphatic heterocycles. The van der Waals surface area contributed by atoms with E-state index in [9.17, 15) is 18.0 Å². The van der Waals surface area contributed by atoms with Crippen molar-refractivity contribution in [2.75, 3.05) is 13.1 Å². The van der Waals surface area contributed by atoms with E-state index in [1.165, 1.54) is 0 Å². The fourth-order valence-electron chi connectivity index (χ4n) is 3.31. The molecule has 0 aromatic heterocycles. The highest BCUT2D eigenvalue weighted by Gasteiger charge is 2.45. The molecule has 2 N–H and O–H groups in total. The Morgan fingerprint density at radius 1 is 1.10 bits per heavy atom. The zero-order valence-electron chi connectivity index (χ0n) is 11.6. The third kappa shape index (κ3) is 4.36. The summed E-state index contributed by atoms with van der Waals surface area (Å²) < 4.78 is 38.8. The number of amides is 1. The van der Waals surface area contributed by atoms with E-state index in [-0.39, 0.29) is 12.3 Å². The van der Waals surface area contributed by atoms with Gasteiger partial charge in [0, 0.05) is 12.5 Å². The van der Waals surface area contributed by atoms with E-state index in [1.807, 2.05) is 0 Å². The summed E-state index contributed by atoms with van der Waals surface area (Å²) in [5, 5.41) is 5.86. The maximum Gasteiger partial charge on any atom is 0.393 e. The minimum atomic E-state index is -4.20. The van der Waals surface area contributed by atoms with Crippen molar-refractivity contribution in [2.24, 2.45) is 11.8 Å². The van der Waals surface area contributed by atoms with E-state index in [0.29, 0.717) is 25.2 Å². The van der Waals surface area contributed by atoms with Crippen LogP contribution in [0.2, 0.25) is 0 Å². The van der Waals surface area contributed by atoms with Crippen molar-refractivity contribution in [3.05, 3.63) is 0 Å². The monoisotopic (exact) mass is 292 g/mol. The van der Waals surface area contributed by atoms with E-state index in [2.05, 4.69) is 10.6 Å². The number of nitrogens with one attached hydrogen (secondary N) is 2. The van der Waals surface area contributed by atoms with Crippen LogP contribution in [-0.2, 0) is 4.79 Å². The van der Waals surface area contributed by atoms with E-state index in [4.69, 9.17) is 0 Å². The zero-order chi connectivity index (χ0) is 14.6. The maximum atomic E-state index is 12.9. The van der Waals surface area contributed by atoms with Gasteiger partial charge in [-0.2, -0.15) is 13.2 Å². The van der Waals surface area contributed by atoms with Crippen molar-refractivity contribution in [2.45, 2.75) is 57.2 Å². The molecule has 1 amide bonds. The van der Waals surface area contributed by atoms with Crippen molar-refractivity contribution in [1.82, 2.24) is 10.6 Å². The zero-order valence-corrected chi connectivity index (χ0v) is 11.6. The average Bonchev–Trinajstić information content (AvgIpc) is 2.39. The molecule has 0 spiro atoms. The third-order valence-corrected chi connectivity index (χ3v) is 4.47. The van der Waals surface area contributed by atoms with Crippen LogP contribution in [0.1, 0.15) is 44.9 Å². The molecule has 0 radical (unpaired) electrons.